The van der Waals surface area contributed by atoms with Gasteiger partial charge in [-0.05, 0) is 24.6 Å². The fraction of sp³-hybridized carbons (Fsp3) is 0.444. The van der Waals surface area contributed by atoms with Crippen molar-refractivity contribution < 1.29 is 17.6 Å². The monoisotopic (exact) mass is 417 g/mol. The number of hydrogen-bond acceptors (Lipinski definition) is 4. The quantitative estimate of drug-likeness (QED) is 0.299. The van der Waals surface area contributed by atoms with E-state index in [1.165, 1.54) is 12.1 Å². The predicted octanol–water partition coefficient (Wildman–Crippen LogP) is 3.54. The molecule has 1 aromatic carbocycles. The fourth-order valence-corrected chi connectivity index (χ4v) is 3.24. The molecule has 0 radical (unpaired) electrons. The van der Waals surface area contributed by atoms with Crippen molar-refractivity contribution in [3.8, 4) is 0 Å². The molecule has 0 spiro atoms. The number of anilines is 1. The van der Waals surface area contributed by atoms with E-state index in [-0.39, 0.29) is 5.82 Å². The van der Waals surface area contributed by atoms with E-state index in [2.05, 4.69) is 20.6 Å². The molecule has 2 rings (SSSR count). The summed E-state index contributed by atoms with van der Waals surface area (Å²) in [5.41, 5.74) is -0.0402. The Morgan fingerprint density at radius 1 is 1.25 bits per heavy atom. The topological polar surface area (TPSA) is 52.6 Å². The third-order valence-corrected chi connectivity index (χ3v) is 4.82. The number of thiazole rings is 1. The molecular weight excluding hydrogens is 394 g/mol. The Balaban J connectivity index is 1.67. The number of rotatable bonds is 8. The zero-order valence-corrected chi connectivity index (χ0v) is 16.5. The molecule has 0 saturated heterocycles. The van der Waals surface area contributed by atoms with Gasteiger partial charge >= 0.3 is 6.18 Å². The minimum absolute atomic E-state index is 0.269. The van der Waals surface area contributed by atoms with Crippen LogP contribution in [0.2, 0.25) is 0 Å². The van der Waals surface area contributed by atoms with Crippen LogP contribution in [-0.4, -0.2) is 44.7 Å². The van der Waals surface area contributed by atoms with Crippen molar-refractivity contribution >= 4 is 23.0 Å². The summed E-state index contributed by atoms with van der Waals surface area (Å²) < 4.78 is 50.9. The van der Waals surface area contributed by atoms with E-state index < -0.39 is 11.9 Å². The zero-order chi connectivity index (χ0) is 20.6. The molecule has 0 aliphatic heterocycles. The van der Waals surface area contributed by atoms with Gasteiger partial charge in [0.2, 0.25) is 0 Å². The molecule has 10 heteroatoms. The molecule has 5 nitrogen and oxygen atoms in total. The van der Waals surface area contributed by atoms with E-state index in [9.17, 15) is 17.6 Å². The third-order valence-electron chi connectivity index (χ3n) is 3.91. The lowest BCUT2D eigenvalue weighted by Gasteiger charge is -2.19. The van der Waals surface area contributed by atoms with Crippen LogP contribution in [0.5, 0.6) is 0 Å². The van der Waals surface area contributed by atoms with E-state index in [1.54, 1.807) is 13.1 Å². The summed E-state index contributed by atoms with van der Waals surface area (Å²) >= 11 is 0.996. The van der Waals surface area contributed by atoms with Crippen LogP contribution in [0.25, 0.3) is 0 Å². The first-order valence-corrected chi connectivity index (χ1v) is 9.60. The number of aliphatic imine (C=N–C) groups is 1. The van der Waals surface area contributed by atoms with Gasteiger partial charge in [-0.3, -0.25) is 4.99 Å². The van der Waals surface area contributed by atoms with Gasteiger partial charge in [0.05, 0.1) is 5.01 Å². The molecule has 0 atom stereocenters. The molecule has 1 heterocycles. The first-order chi connectivity index (χ1) is 13.3. The Bertz CT molecular complexity index is 775. The van der Waals surface area contributed by atoms with E-state index in [0.717, 1.165) is 35.4 Å². The molecule has 0 fully saturated rings. The fourth-order valence-electron chi connectivity index (χ4n) is 2.43. The van der Waals surface area contributed by atoms with Gasteiger partial charge in [0.1, 0.15) is 5.82 Å². The lowest BCUT2D eigenvalue weighted by Crippen LogP contribution is -2.39. The molecule has 2 aromatic rings. The molecule has 0 bridgehead atoms. The highest BCUT2D eigenvalue weighted by Crippen LogP contribution is 2.29. The number of halogens is 4. The summed E-state index contributed by atoms with van der Waals surface area (Å²) in [6.45, 7) is 1.80. The van der Waals surface area contributed by atoms with Crippen molar-refractivity contribution in [2.75, 3.05) is 38.6 Å². The van der Waals surface area contributed by atoms with E-state index in [4.69, 9.17) is 0 Å². The van der Waals surface area contributed by atoms with Gasteiger partial charge in [-0.25, -0.2) is 9.37 Å². The number of guanidine groups is 1. The Morgan fingerprint density at radius 3 is 2.64 bits per heavy atom. The second-order valence-electron chi connectivity index (χ2n) is 6.05. The number of alkyl halides is 3. The molecule has 154 valence electrons. The molecule has 0 aliphatic rings. The maximum Gasteiger partial charge on any atom is 0.434 e. The second kappa shape index (κ2) is 10.3. The molecular formula is C18H23F4N5S. The van der Waals surface area contributed by atoms with Crippen LogP contribution in [0.3, 0.4) is 0 Å². The molecule has 28 heavy (non-hydrogen) atoms. The summed E-state index contributed by atoms with van der Waals surface area (Å²) in [7, 11) is 3.52. The summed E-state index contributed by atoms with van der Waals surface area (Å²) in [6.07, 6.45) is -3.22. The smallest absolute Gasteiger partial charge is 0.374 e. The van der Waals surface area contributed by atoms with E-state index in [1.807, 2.05) is 18.0 Å². The number of hydrogen-bond donors (Lipinski definition) is 2. The number of nitrogens with zero attached hydrogens (tertiary/aromatic N) is 3. The first-order valence-electron chi connectivity index (χ1n) is 8.72. The SMILES string of the molecule is CN=C(NCCCN(C)c1cccc(F)c1)NCCc1nc(C(F)(F)F)cs1. The van der Waals surface area contributed by atoms with Crippen molar-refractivity contribution in [3.63, 3.8) is 0 Å². The highest BCUT2D eigenvalue weighted by molar-refractivity contribution is 7.09. The van der Waals surface area contributed by atoms with Crippen LogP contribution in [0.15, 0.2) is 34.6 Å². The van der Waals surface area contributed by atoms with Crippen LogP contribution < -0.4 is 15.5 Å². The standard InChI is InChI=1S/C18H23F4N5S/c1-23-17(25-9-7-16-26-15(12-28-16)18(20,21)22)24-8-4-10-27(2)14-6-3-5-13(19)11-14/h3,5-6,11-12H,4,7-10H2,1-2H3,(H2,23,24,25). The van der Waals surface area contributed by atoms with Gasteiger partial charge in [0.15, 0.2) is 11.7 Å². The Kier molecular flexibility index (Phi) is 8.04. The molecule has 0 unspecified atom stereocenters. The lowest BCUT2D eigenvalue weighted by atomic mass is 10.2. The average molecular weight is 417 g/mol. The van der Waals surface area contributed by atoms with E-state index >= 15 is 0 Å². The zero-order valence-electron chi connectivity index (χ0n) is 15.7. The molecule has 1 aromatic heterocycles. The van der Waals surface area contributed by atoms with Gasteiger partial charge in [0, 0.05) is 51.2 Å². The van der Waals surface area contributed by atoms with E-state index in [0.29, 0.717) is 30.5 Å². The molecule has 2 N–H and O–H groups in total. The Morgan fingerprint density at radius 2 is 2.00 bits per heavy atom. The first kappa shape index (κ1) is 21.9. The summed E-state index contributed by atoms with van der Waals surface area (Å²) in [5.74, 6) is 0.302. The average Bonchev–Trinajstić information content (AvgIpc) is 3.13. The van der Waals surface area contributed by atoms with Gasteiger partial charge in [-0.1, -0.05) is 6.07 Å². The van der Waals surface area contributed by atoms with Crippen molar-refractivity contribution in [1.82, 2.24) is 15.6 Å². The molecule has 0 saturated carbocycles. The van der Waals surface area contributed by atoms with Gasteiger partial charge in [0.25, 0.3) is 0 Å². The summed E-state index contributed by atoms with van der Waals surface area (Å²) in [4.78, 5) is 9.64. The van der Waals surface area contributed by atoms with Crippen molar-refractivity contribution in [3.05, 3.63) is 46.2 Å². The van der Waals surface area contributed by atoms with Crippen molar-refractivity contribution in [2.45, 2.75) is 19.0 Å². The van der Waals surface area contributed by atoms with Crippen LogP contribution in [0.4, 0.5) is 23.2 Å². The normalized spacial score (nSPS) is 12.1. The van der Waals surface area contributed by atoms with Crippen LogP contribution in [-0.2, 0) is 12.6 Å². The number of aromatic nitrogens is 1. The van der Waals surface area contributed by atoms with Crippen molar-refractivity contribution in [2.24, 2.45) is 4.99 Å². The van der Waals surface area contributed by atoms with Crippen LogP contribution >= 0.6 is 11.3 Å². The van der Waals surface area contributed by atoms with Gasteiger partial charge < -0.3 is 15.5 Å². The maximum absolute atomic E-state index is 13.2. The molecule has 0 aliphatic carbocycles. The Hall–Kier alpha value is -2.36. The van der Waals surface area contributed by atoms with Gasteiger partial charge in [-0.2, -0.15) is 13.2 Å². The Labute approximate surface area is 165 Å². The second-order valence-corrected chi connectivity index (χ2v) is 7.00. The minimum Gasteiger partial charge on any atom is -0.374 e. The van der Waals surface area contributed by atoms with Crippen molar-refractivity contribution in [1.29, 1.82) is 0 Å². The van der Waals surface area contributed by atoms with Crippen LogP contribution in [0.1, 0.15) is 17.1 Å². The highest BCUT2D eigenvalue weighted by Gasteiger charge is 2.33. The number of benzene rings is 1. The summed E-state index contributed by atoms with van der Waals surface area (Å²) in [6, 6.07) is 6.41. The van der Waals surface area contributed by atoms with Crippen LogP contribution in [0, 0.1) is 5.82 Å². The third kappa shape index (κ3) is 6.99. The predicted molar refractivity (Wildman–Crippen MR) is 104 cm³/mol. The lowest BCUT2D eigenvalue weighted by molar-refractivity contribution is -0.140. The maximum atomic E-state index is 13.2. The highest BCUT2D eigenvalue weighted by atomic mass is 32.1. The minimum atomic E-state index is -4.40. The molecule has 0 amide bonds. The van der Waals surface area contributed by atoms with Gasteiger partial charge in [-0.15, -0.1) is 11.3 Å². The largest absolute Gasteiger partial charge is 0.434 e. The number of nitrogens with one attached hydrogen (secondary N) is 2. The summed E-state index contributed by atoms with van der Waals surface area (Å²) in [5, 5.41) is 7.65.